The van der Waals surface area contributed by atoms with Crippen molar-refractivity contribution in [3.8, 4) is 5.75 Å². The Hall–Kier alpha value is -1.74. The Morgan fingerprint density at radius 2 is 2.32 bits per heavy atom. The van der Waals surface area contributed by atoms with Crippen LogP contribution in [0.15, 0.2) is 16.6 Å². The van der Waals surface area contributed by atoms with E-state index < -0.39 is 28.4 Å². The molecular formula is C10H10BrFN2O5. The Labute approximate surface area is 115 Å². The molecule has 1 rings (SSSR count). The number of benzene rings is 1. The van der Waals surface area contributed by atoms with Crippen molar-refractivity contribution in [2.45, 2.75) is 6.04 Å². The Bertz CT molecular complexity index is 511. The molecule has 0 fully saturated rings. The van der Waals surface area contributed by atoms with E-state index in [1.165, 1.54) is 7.05 Å². The van der Waals surface area contributed by atoms with Gasteiger partial charge in [0.05, 0.1) is 9.40 Å². The standard InChI is InChI=1S/C10H10BrFN2O5/c1-13-7(10(15)16)4-19-9-3-6(12)5(11)2-8(9)14(17)18/h2-3,7,13H,4H2,1H3,(H,15,16). The monoisotopic (exact) mass is 336 g/mol. The Kier molecular flexibility index (Phi) is 5.19. The maximum atomic E-state index is 13.3. The van der Waals surface area contributed by atoms with Crippen LogP contribution in [0.1, 0.15) is 0 Å². The maximum Gasteiger partial charge on any atom is 0.324 e. The smallest absolute Gasteiger partial charge is 0.324 e. The molecule has 1 aromatic rings. The van der Waals surface area contributed by atoms with Gasteiger partial charge in [-0.25, -0.2) is 4.39 Å². The second-order valence-corrected chi connectivity index (χ2v) is 4.34. The van der Waals surface area contributed by atoms with E-state index in [4.69, 9.17) is 9.84 Å². The number of rotatable bonds is 6. The third kappa shape index (κ3) is 3.86. The predicted octanol–water partition coefficient (Wildman–Crippen LogP) is 1.55. The highest BCUT2D eigenvalue weighted by molar-refractivity contribution is 9.10. The summed E-state index contributed by atoms with van der Waals surface area (Å²) in [6.45, 7) is -0.367. The molecule has 0 aliphatic rings. The van der Waals surface area contributed by atoms with E-state index in [1.807, 2.05) is 0 Å². The van der Waals surface area contributed by atoms with Crippen molar-refractivity contribution < 1.29 is 24.0 Å². The summed E-state index contributed by atoms with van der Waals surface area (Å²) < 4.78 is 18.2. The Balaban J connectivity index is 2.97. The van der Waals surface area contributed by atoms with E-state index in [9.17, 15) is 19.3 Å². The summed E-state index contributed by atoms with van der Waals surface area (Å²) in [4.78, 5) is 20.8. The van der Waals surface area contributed by atoms with Gasteiger partial charge in [0.15, 0.2) is 5.75 Å². The zero-order chi connectivity index (χ0) is 14.6. The van der Waals surface area contributed by atoms with Crippen LogP contribution in [0.4, 0.5) is 10.1 Å². The molecule has 0 amide bonds. The van der Waals surface area contributed by atoms with Gasteiger partial charge in [-0.2, -0.15) is 0 Å². The number of halogens is 2. The van der Waals surface area contributed by atoms with Crippen molar-refractivity contribution in [1.82, 2.24) is 5.32 Å². The average molecular weight is 337 g/mol. The summed E-state index contributed by atoms with van der Waals surface area (Å²) in [5, 5.41) is 22.0. The van der Waals surface area contributed by atoms with E-state index in [2.05, 4.69) is 21.2 Å². The topological polar surface area (TPSA) is 102 Å². The summed E-state index contributed by atoms with van der Waals surface area (Å²) in [5.74, 6) is -2.24. The number of hydrogen-bond donors (Lipinski definition) is 2. The van der Waals surface area contributed by atoms with E-state index in [0.717, 1.165) is 12.1 Å². The zero-order valence-electron chi connectivity index (χ0n) is 9.72. The second-order valence-electron chi connectivity index (χ2n) is 3.48. The number of likely N-dealkylation sites (N-methyl/N-ethyl adjacent to an activating group) is 1. The Morgan fingerprint density at radius 1 is 1.68 bits per heavy atom. The normalized spacial score (nSPS) is 11.9. The van der Waals surface area contributed by atoms with Crippen LogP contribution < -0.4 is 10.1 Å². The van der Waals surface area contributed by atoms with Gasteiger partial charge in [-0.05, 0) is 23.0 Å². The third-order valence-electron chi connectivity index (χ3n) is 2.25. The van der Waals surface area contributed by atoms with Gasteiger partial charge in [-0.15, -0.1) is 0 Å². The first-order chi connectivity index (χ1) is 8.86. The number of carboxylic acid groups (broad SMARTS) is 1. The molecule has 0 aliphatic heterocycles. The molecule has 0 heterocycles. The first kappa shape index (κ1) is 15.3. The van der Waals surface area contributed by atoms with Crippen LogP contribution in [0.25, 0.3) is 0 Å². The molecular weight excluding hydrogens is 327 g/mol. The molecule has 7 nitrogen and oxygen atoms in total. The number of ether oxygens (including phenoxy) is 1. The molecule has 0 saturated carbocycles. The number of nitro groups is 1. The van der Waals surface area contributed by atoms with Crippen LogP contribution in [0.5, 0.6) is 5.75 Å². The predicted molar refractivity (Wildman–Crippen MR) is 66.7 cm³/mol. The number of carboxylic acids is 1. The SMILES string of the molecule is CNC(COc1cc(F)c(Br)cc1[N+](=O)[O-])C(=O)O. The molecule has 1 aromatic carbocycles. The number of hydrogen-bond acceptors (Lipinski definition) is 5. The van der Waals surface area contributed by atoms with Gasteiger partial charge >= 0.3 is 11.7 Å². The molecule has 1 atom stereocenters. The van der Waals surface area contributed by atoms with Crippen LogP contribution in [-0.2, 0) is 4.79 Å². The molecule has 1 unspecified atom stereocenters. The highest BCUT2D eigenvalue weighted by Gasteiger charge is 2.22. The van der Waals surface area contributed by atoms with E-state index in [-0.39, 0.29) is 16.8 Å². The van der Waals surface area contributed by atoms with Gasteiger partial charge in [0.1, 0.15) is 18.5 Å². The highest BCUT2D eigenvalue weighted by atomic mass is 79.9. The fourth-order valence-corrected chi connectivity index (χ4v) is 1.56. The second kappa shape index (κ2) is 6.43. The average Bonchev–Trinajstić information content (AvgIpc) is 2.33. The summed E-state index contributed by atoms with van der Waals surface area (Å²) >= 11 is 2.82. The van der Waals surface area contributed by atoms with Gasteiger partial charge in [-0.1, -0.05) is 0 Å². The molecule has 9 heteroatoms. The highest BCUT2D eigenvalue weighted by Crippen LogP contribution is 2.32. The van der Waals surface area contributed by atoms with Crippen LogP contribution in [-0.4, -0.2) is 35.7 Å². The van der Waals surface area contributed by atoms with Crippen LogP contribution in [0.3, 0.4) is 0 Å². The molecule has 0 aromatic heterocycles. The van der Waals surface area contributed by atoms with Crippen molar-refractivity contribution in [2.75, 3.05) is 13.7 Å². The lowest BCUT2D eigenvalue weighted by Crippen LogP contribution is -2.39. The van der Waals surface area contributed by atoms with Crippen molar-refractivity contribution in [1.29, 1.82) is 0 Å². The number of nitrogens with one attached hydrogen (secondary N) is 1. The van der Waals surface area contributed by atoms with E-state index in [0.29, 0.717) is 0 Å². The minimum Gasteiger partial charge on any atom is -0.484 e. The third-order valence-corrected chi connectivity index (χ3v) is 2.86. The largest absolute Gasteiger partial charge is 0.484 e. The van der Waals surface area contributed by atoms with Crippen LogP contribution in [0, 0.1) is 15.9 Å². The quantitative estimate of drug-likeness (QED) is 0.603. The molecule has 19 heavy (non-hydrogen) atoms. The summed E-state index contributed by atoms with van der Waals surface area (Å²) in [6, 6.07) is 0.739. The maximum absolute atomic E-state index is 13.3. The Morgan fingerprint density at radius 3 is 2.79 bits per heavy atom. The number of aliphatic carboxylic acids is 1. The molecule has 0 saturated heterocycles. The molecule has 0 spiro atoms. The van der Waals surface area contributed by atoms with Crippen molar-refractivity contribution in [2.24, 2.45) is 0 Å². The van der Waals surface area contributed by atoms with Gasteiger partial charge in [0.2, 0.25) is 0 Å². The van der Waals surface area contributed by atoms with Gasteiger partial charge < -0.3 is 15.2 Å². The van der Waals surface area contributed by atoms with Crippen molar-refractivity contribution in [3.05, 3.63) is 32.5 Å². The van der Waals surface area contributed by atoms with Crippen molar-refractivity contribution in [3.63, 3.8) is 0 Å². The lowest BCUT2D eigenvalue weighted by molar-refractivity contribution is -0.386. The molecule has 0 aliphatic carbocycles. The summed E-state index contributed by atoms with van der Waals surface area (Å²) in [5.41, 5.74) is -0.450. The molecule has 0 bridgehead atoms. The first-order valence-electron chi connectivity index (χ1n) is 5.03. The van der Waals surface area contributed by atoms with Crippen molar-refractivity contribution >= 4 is 27.6 Å². The lowest BCUT2D eigenvalue weighted by Gasteiger charge is -2.13. The summed E-state index contributed by atoms with van der Waals surface area (Å²) in [7, 11) is 1.40. The van der Waals surface area contributed by atoms with E-state index >= 15 is 0 Å². The van der Waals surface area contributed by atoms with Gasteiger partial charge in [0.25, 0.3) is 0 Å². The zero-order valence-corrected chi connectivity index (χ0v) is 11.3. The fraction of sp³-hybridized carbons (Fsp3) is 0.300. The number of nitrogens with zero attached hydrogens (tertiary/aromatic N) is 1. The number of nitro benzene ring substituents is 1. The summed E-state index contributed by atoms with van der Waals surface area (Å²) in [6.07, 6.45) is 0. The van der Waals surface area contributed by atoms with Crippen LogP contribution in [0.2, 0.25) is 0 Å². The number of carbonyl (C=O) groups is 1. The first-order valence-corrected chi connectivity index (χ1v) is 5.82. The van der Waals surface area contributed by atoms with Gasteiger partial charge in [0, 0.05) is 12.1 Å². The molecule has 104 valence electrons. The van der Waals surface area contributed by atoms with Gasteiger partial charge in [-0.3, -0.25) is 14.9 Å². The van der Waals surface area contributed by atoms with Crippen LogP contribution >= 0.6 is 15.9 Å². The molecule has 0 radical (unpaired) electrons. The fourth-order valence-electron chi connectivity index (χ4n) is 1.23. The lowest BCUT2D eigenvalue weighted by atomic mass is 10.3. The minimum atomic E-state index is -1.18. The van der Waals surface area contributed by atoms with E-state index in [1.54, 1.807) is 0 Å². The molecule has 2 N–H and O–H groups in total. The minimum absolute atomic E-state index is 0.0741.